The third kappa shape index (κ3) is 3.90. The van der Waals surface area contributed by atoms with Gasteiger partial charge in [0.1, 0.15) is 11.0 Å². The molecule has 27 heavy (non-hydrogen) atoms. The molecule has 0 aliphatic carbocycles. The molecule has 0 N–H and O–H groups in total. The zero-order valence-corrected chi connectivity index (χ0v) is 15.5. The van der Waals surface area contributed by atoms with Crippen LogP contribution in [0, 0.1) is 19.7 Å². The van der Waals surface area contributed by atoms with Gasteiger partial charge in [0.2, 0.25) is 5.78 Å². The van der Waals surface area contributed by atoms with Crippen molar-refractivity contribution in [2.45, 2.75) is 13.8 Å². The summed E-state index contributed by atoms with van der Waals surface area (Å²) < 4.78 is 20.1. The van der Waals surface area contributed by atoms with Crippen LogP contribution in [-0.4, -0.2) is 27.9 Å². The van der Waals surface area contributed by atoms with Crippen LogP contribution < -0.4 is 0 Å². The Morgan fingerprint density at radius 3 is 2.52 bits per heavy atom. The van der Waals surface area contributed by atoms with Crippen molar-refractivity contribution in [3.05, 3.63) is 82.1 Å². The summed E-state index contributed by atoms with van der Waals surface area (Å²) in [6.45, 7) is 3.20. The Kier molecular flexibility index (Phi) is 5.37. The third-order valence-corrected chi connectivity index (χ3v) is 4.43. The number of carbonyl (C=O) groups excluding carboxylic acids is 2. The molecule has 0 saturated heterocycles. The number of hydrogen-bond donors (Lipinski definition) is 0. The summed E-state index contributed by atoms with van der Waals surface area (Å²) >= 11 is 5.85. The molecule has 0 aliphatic rings. The summed E-state index contributed by atoms with van der Waals surface area (Å²) in [6.07, 6.45) is 1.45. The van der Waals surface area contributed by atoms with E-state index in [4.69, 9.17) is 16.3 Å². The second-order valence-electron chi connectivity index (χ2n) is 5.94. The van der Waals surface area contributed by atoms with Crippen LogP contribution in [0.25, 0.3) is 5.69 Å². The van der Waals surface area contributed by atoms with Gasteiger partial charge >= 0.3 is 5.97 Å². The molecule has 2 heterocycles. The first-order valence-corrected chi connectivity index (χ1v) is 8.52. The largest absolute Gasteiger partial charge is 0.454 e. The number of nitrogens with zero attached hydrogens (tertiary/aromatic N) is 2. The summed E-state index contributed by atoms with van der Waals surface area (Å²) in [5.41, 5.74) is 2.76. The van der Waals surface area contributed by atoms with E-state index in [1.54, 1.807) is 31.2 Å². The second-order valence-corrected chi connectivity index (χ2v) is 6.30. The van der Waals surface area contributed by atoms with E-state index in [1.165, 1.54) is 24.4 Å². The average molecular weight is 387 g/mol. The van der Waals surface area contributed by atoms with Gasteiger partial charge in [-0.05, 0) is 56.3 Å². The highest BCUT2D eigenvalue weighted by molar-refractivity contribution is 6.32. The molecule has 0 fully saturated rings. The Balaban J connectivity index is 1.78. The maximum absolute atomic E-state index is 13.2. The van der Waals surface area contributed by atoms with Crippen molar-refractivity contribution in [3.63, 3.8) is 0 Å². The third-order valence-electron chi connectivity index (χ3n) is 4.13. The van der Waals surface area contributed by atoms with Gasteiger partial charge in [0, 0.05) is 28.8 Å². The highest BCUT2D eigenvalue weighted by Gasteiger charge is 2.19. The number of esters is 1. The fourth-order valence-electron chi connectivity index (χ4n) is 2.86. The Morgan fingerprint density at radius 2 is 1.85 bits per heavy atom. The topological polar surface area (TPSA) is 61.2 Å². The number of benzene rings is 1. The Morgan fingerprint density at radius 1 is 1.15 bits per heavy atom. The monoisotopic (exact) mass is 386 g/mol. The highest BCUT2D eigenvalue weighted by Crippen LogP contribution is 2.22. The molecule has 0 spiro atoms. The van der Waals surface area contributed by atoms with E-state index in [9.17, 15) is 14.0 Å². The standard InChI is InChI=1S/C20H16ClFN2O3/c1-12-10-17(13(2)24(12)15-7-5-14(22)6-8-15)18(25)11-27-20(26)16-4-3-9-23-19(16)21/h3-10H,11H2,1-2H3. The number of ketones is 1. The van der Waals surface area contributed by atoms with Crippen LogP contribution in [0.2, 0.25) is 5.15 Å². The number of aryl methyl sites for hydroxylation is 1. The van der Waals surface area contributed by atoms with Crippen LogP contribution >= 0.6 is 11.6 Å². The maximum Gasteiger partial charge on any atom is 0.341 e. The van der Waals surface area contributed by atoms with Crippen LogP contribution in [0.15, 0.2) is 48.7 Å². The first-order chi connectivity index (χ1) is 12.9. The van der Waals surface area contributed by atoms with Crippen molar-refractivity contribution in [2.24, 2.45) is 0 Å². The number of rotatable bonds is 5. The van der Waals surface area contributed by atoms with Crippen molar-refractivity contribution in [1.29, 1.82) is 0 Å². The number of aromatic nitrogens is 2. The van der Waals surface area contributed by atoms with E-state index < -0.39 is 12.6 Å². The zero-order valence-electron chi connectivity index (χ0n) is 14.7. The summed E-state index contributed by atoms with van der Waals surface area (Å²) in [4.78, 5) is 28.4. The Bertz CT molecular complexity index is 1010. The summed E-state index contributed by atoms with van der Waals surface area (Å²) in [5.74, 6) is -1.39. The molecule has 138 valence electrons. The van der Waals surface area contributed by atoms with Crippen LogP contribution in [-0.2, 0) is 4.74 Å². The van der Waals surface area contributed by atoms with Crippen molar-refractivity contribution in [3.8, 4) is 5.69 Å². The molecule has 0 bridgehead atoms. The Hall–Kier alpha value is -2.99. The first kappa shape index (κ1) is 18.8. The minimum atomic E-state index is -0.714. The fraction of sp³-hybridized carbons (Fsp3) is 0.150. The number of carbonyl (C=O) groups is 2. The molecule has 1 aromatic carbocycles. The van der Waals surface area contributed by atoms with E-state index in [0.29, 0.717) is 11.3 Å². The van der Waals surface area contributed by atoms with Crippen LogP contribution in [0.4, 0.5) is 4.39 Å². The molecule has 2 aromatic heterocycles. The van der Waals surface area contributed by atoms with E-state index in [-0.39, 0.29) is 22.3 Å². The lowest BCUT2D eigenvalue weighted by Crippen LogP contribution is -2.15. The zero-order chi connectivity index (χ0) is 19.6. The van der Waals surface area contributed by atoms with Gasteiger partial charge in [-0.3, -0.25) is 4.79 Å². The quantitative estimate of drug-likeness (QED) is 0.372. The van der Waals surface area contributed by atoms with Gasteiger partial charge in [0.05, 0.1) is 5.56 Å². The average Bonchev–Trinajstić information content (AvgIpc) is 2.95. The predicted molar refractivity (Wildman–Crippen MR) is 99.1 cm³/mol. The molecule has 0 saturated carbocycles. The molecule has 3 aromatic rings. The molecular formula is C20H16ClFN2O3. The van der Waals surface area contributed by atoms with Gasteiger partial charge in [-0.1, -0.05) is 11.6 Å². The number of ether oxygens (including phenoxy) is 1. The molecular weight excluding hydrogens is 371 g/mol. The molecule has 0 unspecified atom stereocenters. The lowest BCUT2D eigenvalue weighted by Gasteiger charge is -2.10. The van der Waals surface area contributed by atoms with Gasteiger partial charge in [0.15, 0.2) is 6.61 Å². The molecule has 0 amide bonds. The molecule has 0 radical (unpaired) electrons. The summed E-state index contributed by atoms with van der Waals surface area (Å²) in [5, 5.41) is 0.0180. The minimum Gasteiger partial charge on any atom is -0.454 e. The summed E-state index contributed by atoms with van der Waals surface area (Å²) in [6, 6.07) is 10.7. The molecule has 7 heteroatoms. The SMILES string of the molecule is Cc1cc(C(=O)COC(=O)c2cccnc2Cl)c(C)n1-c1ccc(F)cc1. The second kappa shape index (κ2) is 7.72. The maximum atomic E-state index is 13.2. The number of pyridine rings is 1. The lowest BCUT2D eigenvalue weighted by molar-refractivity contribution is 0.0474. The lowest BCUT2D eigenvalue weighted by atomic mass is 10.1. The van der Waals surface area contributed by atoms with Crippen LogP contribution in [0.3, 0.4) is 0 Å². The minimum absolute atomic E-state index is 0.0180. The first-order valence-electron chi connectivity index (χ1n) is 8.14. The van der Waals surface area contributed by atoms with Crippen molar-refractivity contribution in [1.82, 2.24) is 9.55 Å². The molecule has 3 rings (SSSR count). The van der Waals surface area contributed by atoms with Crippen molar-refractivity contribution >= 4 is 23.4 Å². The van der Waals surface area contributed by atoms with Gasteiger partial charge < -0.3 is 9.30 Å². The van der Waals surface area contributed by atoms with Crippen LogP contribution in [0.5, 0.6) is 0 Å². The Labute approximate surface area is 160 Å². The fourth-order valence-corrected chi connectivity index (χ4v) is 3.05. The van der Waals surface area contributed by atoms with E-state index >= 15 is 0 Å². The molecule has 5 nitrogen and oxygen atoms in total. The normalized spacial score (nSPS) is 10.7. The molecule has 0 aliphatic heterocycles. The molecule has 0 atom stereocenters. The van der Waals surface area contributed by atoms with E-state index in [2.05, 4.69) is 4.98 Å². The highest BCUT2D eigenvalue weighted by atomic mass is 35.5. The van der Waals surface area contributed by atoms with Gasteiger partial charge in [0.25, 0.3) is 0 Å². The van der Waals surface area contributed by atoms with E-state index in [0.717, 1.165) is 11.4 Å². The number of halogens is 2. The van der Waals surface area contributed by atoms with Gasteiger partial charge in [-0.2, -0.15) is 0 Å². The number of Topliss-reactive ketones (excluding diaryl/α,β-unsaturated/α-hetero) is 1. The van der Waals surface area contributed by atoms with Crippen LogP contribution in [0.1, 0.15) is 32.1 Å². The van der Waals surface area contributed by atoms with Crippen molar-refractivity contribution in [2.75, 3.05) is 6.61 Å². The predicted octanol–water partition coefficient (Wildman–Crippen LogP) is 4.32. The van der Waals surface area contributed by atoms with Crippen molar-refractivity contribution < 1.29 is 18.7 Å². The smallest absolute Gasteiger partial charge is 0.341 e. The summed E-state index contributed by atoms with van der Waals surface area (Å²) in [7, 11) is 0. The van der Waals surface area contributed by atoms with Gasteiger partial charge in [-0.15, -0.1) is 0 Å². The number of hydrogen-bond acceptors (Lipinski definition) is 4. The van der Waals surface area contributed by atoms with E-state index in [1.807, 2.05) is 11.5 Å². The van der Waals surface area contributed by atoms with Gasteiger partial charge in [-0.25, -0.2) is 14.2 Å².